The van der Waals surface area contributed by atoms with Crippen LogP contribution >= 0.6 is 31.9 Å². The fourth-order valence-electron chi connectivity index (χ4n) is 2.01. The van der Waals surface area contributed by atoms with Gasteiger partial charge < -0.3 is 9.64 Å². The zero-order valence-electron chi connectivity index (χ0n) is 10.2. The third kappa shape index (κ3) is 2.97. The van der Waals surface area contributed by atoms with Gasteiger partial charge in [-0.05, 0) is 27.9 Å². The molecule has 1 amide bonds. The lowest BCUT2D eigenvalue weighted by atomic mass is 10.2. The highest BCUT2D eigenvalue weighted by molar-refractivity contribution is 9.10. The molecular weight excluding hydrogens is 380 g/mol. The normalized spacial score (nSPS) is 18.8. The third-order valence-corrected chi connectivity index (χ3v) is 4.28. The topological polar surface area (TPSA) is 59.5 Å². The van der Waals surface area contributed by atoms with Crippen molar-refractivity contribution in [3.8, 4) is 0 Å². The molecule has 1 fully saturated rings. The molecule has 2 heterocycles. The summed E-state index contributed by atoms with van der Waals surface area (Å²) in [5.74, 6) is -0.302. The number of hydrogen-bond donors (Lipinski definition) is 0. The molecular formula is C12H12Br2N2O3. The van der Waals surface area contributed by atoms with Crippen LogP contribution in [0, 0.1) is 5.92 Å². The number of nitrogens with zero attached hydrogens (tertiary/aromatic N) is 2. The highest BCUT2D eigenvalue weighted by Crippen LogP contribution is 2.30. The SMILES string of the molecule is COC(=O)c1ncc(Br)cc1N1CC(CBr)CC1=O. The molecule has 2 rings (SSSR count). The van der Waals surface area contributed by atoms with Crippen LogP contribution < -0.4 is 4.90 Å². The Morgan fingerprint density at radius 2 is 2.37 bits per heavy atom. The summed E-state index contributed by atoms with van der Waals surface area (Å²) in [4.78, 5) is 29.4. The zero-order chi connectivity index (χ0) is 14.0. The molecule has 7 heteroatoms. The first-order valence-corrected chi connectivity index (χ1v) is 7.58. The molecule has 1 aromatic rings. The number of hydrogen-bond acceptors (Lipinski definition) is 4. The van der Waals surface area contributed by atoms with E-state index in [-0.39, 0.29) is 17.5 Å². The van der Waals surface area contributed by atoms with E-state index < -0.39 is 5.97 Å². The Kier molecular flexibility index (Phi) is 4.57. The van der Waals surface area contributed by atoms with Gasteiger partial charge in [-0.25, -0.2) is 9.78 Å². The van der Waals surface area contributed by atoms with E-state index in [0.29, 0.717) is 23.1 Å². The summed E-state index contributed by atoms with van der Waals surface area (Å²) in [6.07, 6.45) is 1.98. The Balaban J connectivity index is 2.41. The van der Waals surface area contributed by atoms with Crippen molar-refractivity contribution in [3.05, 3.63) is 22.4 Å². The highest BCUT2D eigenvalue weighted by Gasteiger charge is 2.33. The number of aromatic nitrogens is 1. The Labute approximate surface area is 127 Å². The Morgan fingerprint density at radius 1 is 1.63 bits per heavy atom. The molecule has 1 atom stereocenters. The molecule has 19 heavy (non-hydrogen) atoms. The summed E-state index contributed by atoms with van der Waals surface area (Å²) in [5.41, 5.74) is 0.656. The van der Waals surface area contributed by atoms with Crippen LogP contribution in [0.1, 0.15) is 16.9 Å². The number of esters is 1. The quantitative estimate of drug-likeness (QED) is 0.586. The predicted molar refractivity (Wildman–Crippen MR) is 77.5 cm³/mol. The molecule has 0 spiro atoms. The average Bonchev–Trinajstić information content (AvgIpc) is 2.79. The number of ether oxygens (including phenoxy) is 1. The number of anilines is 1. The molecule has 0 saturated carbocycles. The summed E-state index contributed by atoms with van der Waals surface area (Å²) in [6, 6.07) is 1.72. The second-order valence-electron chi connectivity index (χ2n) is 4.24. The van der Waals surface area contributed by atoms with E-state index >= 15 is 0 Å². The van der Waals surface area contributed by atoms with Gasteiger partial charge in [0, 0.05) is 29.0 Å². The number of carbonyl (C=O) groups excluding carboxylic acids is 2. The van der Waals surface area contributed by atoms with E-state index in [2.05, 4.69) is 36.8 Å². The van der Waals surface area contributed by atoms with Crippen molar-refractivity contribution in [1.29, 1.82) is 0 Å². The molecule has 1 unspecified atom stereocenters. The molecule has 1 aromatic heterocycles. The predicted octanol–water partition coefficient (Wildman–Crippen LogP) is 2.38. The van der Waals surface area contributed by atoms with Crippen molar-refractivity contribution < 1.29 is 14.3 Å². The monoisotopic (exact) mass is 390 g/mol. The largest absolute Gasteiger partial charge is 0.464 e. The van der Waals surface area contributed by atoms with Crippen molar-refractivity contribution >= 4 is 49.4 Å². The van der Waals surface area contributed by atoms with Crippen molar-refractivity contribution in [2.24, 2.45) is 5.92 Å². The summed E-state index contributed by atoms with van der Waals surface area (Å²) in [7, 11) is 1.29. The van der Waals surface area contributed by atoms with Crippen LogP contribution in [0.2, 0.25) is 0 Å². The smallest absolute Gasteiger partial charge is 0.358 e. The molecule has 0 aliphatic carbocycles. The summed E-state index contributed by atoms with van der Waals surface area (Å²) < 4.78 is 5.41. The van der Waals surface area contributed by atoms with Crippen LogP contribution in [0.25, 0.3) is 0 Å². The summed E-state index contributed by atoms with van der Waals surface area (Å²) >= 11 is 6.69. The van der Waals surface area contributed by atoms with Crippen LogP contribution in [-0.4, -0.2) is 35.8 Å². The van der Waals surface area contributed by atoms with Gasteiger partial charge in [0.2, 0.25) is 5.91 Å². The van der Waals surface area contributed by atoms with Gasteiger partial charge in [-0.15, -0.1) is 0 Å². The summed E-state index contributed by atoms with van der Waals surface area (Å²) in [5, 5.41) is 0.754. The lowest BCUT2D eigenvalue weighted by Gasteiger charge is -2.18. The van der Waals surface area contributed by atoms with Crippen LogP contribution in [0.3, 0.4) is 0 Å². The minimum absolute atomic E-state index is 0.00509. The minimum atomic E-state index is -0.544. The Bertz CT molecular complexity index is 522. The van der Waals surface area contributed by atoms with Crippen molar-refractivity contribution in [1.82, 2.24) is 4.98 Å². The fraction of sp³-hybridized carbons (Fsp3) is 0.417. The van der Waals surface area contributed by atoms with Crippen molar-refractivity contribution in [2.45, 2.75) is 6.42 Å². The van der Waals surface area contributed by atoms with Crippen LogP contribution in [0.5, 0.6) is 0 Å². The minimum Gasteiger partial charge on any atom is -0.464 e. The number of methoxy groups -OCH3 is 1. The molecule has 0 bridgehead atoms. The molecule has 0 aromatic carbocycles. The number of halogens is 2. The lowest BCUT2D eigenvalue weighted by molar-refractivity contribution is -0.117. The molecule has 0 N–H and O–H groups in total. The second-order valence-corrected chi connectivity index (χ2v) is 5.80. The molecule has 0 radical (unpaired) electrons. The maximum atomic E-state index is 12.0. The number of amides is 1. The van der Waals surface area contributed by atoms with Gasteiger partial charge in [0.15, 0.2) is 5.69 Å². The van der Waals surface area contributed by atoms with Gasteiger partial charge in [0.05, 0.1) is 12.8 Å². The maximum Gasteiger partial charge on any atom is 0.358 e. The van der Waals surface area contributed by atoms with E-state index in [1.54, 1.807) is 11.0 Å². The van der Waals surface area contributed by atoms with E-state index in [0.717, 1.165) is 5.33 Å². The summed E-state index contributed by atoms with van der Waals surface area (Å²) in [6.45, 7) is 0.576. The van der Waals surface area contributed by atoms with Crippen LogP contribution in [-0.2, 0) is 9.53 Å². The first-order chi connectivity index (χ1) is 9.06. The van der Waals surface area contributed by atoms with Gasteiger partial charge in [-0.2, -0.15) is 0 Å². The molecule has 1 saturated heterocycles. The van der Waals surface area contributed by atoms with Gasteiger partial charge in [0.25, 0.3) is 0 Å². The highest BCUT2D eigenvalue weighted by atomic mass is 79.9. The first-order valence-electron chi connectivity index (χ1n) is 5.67. The maximum absolute atomic E-state index is 12.0. The van der Waals surface area contributed by atoms with Crippen molar-refractivity contribution in [2.75, 3.05) is 23.9 Å². The van der Waals surface area contributed by atoms with Crippen LogP contribution in [0.15, 0.2) is 16.7 Å². The second kappa shape index (κ2) is 6.00. The lowest BCUT2D eigenvalue weighted by Crippen LogP contribution is -2.27. The first kappa shape index (κ1) is 14.5. The van der Waals surface area contributed by atoms with E-state index in [1.165, 1.54) is 13.3 Å². The Hall–Kier alpha value is -0.950. The number of carbonyl (C=O) groups is 2. The Morgan fingerprint density at radius 3 is 2.95 bits per heavy atom. The van der Waals surface area contributed by atoms with E-state index in [1.807, 2.05) is 0 Å². The fourth-order valence-corrected chi connectivity index (χ4v) is 2.76. The molecule has 102 valence electrons. The van der Waals surface area contributed by atoms with Gasteiger partial charge in [-0.3, -0.25) is 4.79 Å². The van der Waals surface area contributed by atoms with Gasteiger partial charge >= 0.3 is 5.97 Å². The standard InChI is InChI=1S/C12H12Br2N2O3/c1-19-12(18)11-9(3-8(14)5-15-11)16-6-7(4-13)2-10(16)17/h3,5,7H,2,4,6H2,1H3. The van der Waals surface area contributed by atoms with E-state index in [4.69, 9.17) is 4.74 Å². The number of alkyl halides is 1. The molecule has 1 aliphatic heterocycles. The number of pyridine rings is 1. The molecule has 1 aliphatic rings. The molecule has 5 nitrogen and oxygen atoms in total. The third-order valence-electron chi connectivity index (χ3n) is 2.93. The van der Waals surface area contributed by atoms with Gasteiger partial charge in [0.1, 0.15) is 0 Å². The zero-order valence-corrected chi connectivity index (χ0v) is 13.4. The van der Waals surface area contributed by atoms with Crippen molar-refractivity contribution in [3.63, 3.8) is 0 Å². The van der Waals surface area contributed by atoms with E-state index in [9.17, 15) is 9.59 Å². The average molecular weight is 392 g/mol. The van der Waals surface area contributed by atoms with Crippen LogP contribution in [0.4, 0.5) is 5.69 Å². The van der Waals surface area contributed by atoms with Gasteiger partial charge in [-0.1, -0.05) is 15.9 Å². The number of rotatable bonds is 3.